The first kappa shape index (κ1) is 16.3. The first-order valence-electron chi connectivity index (χ1n) is 7.06. The van der Waals surface area contributed by atoms with Crippen molar-refractivity contribution < 1.29 is 14.7 Å². The van der Waals surface area contributed by atoms with Crippen LogP contribution in [0.1, 0.15) is 38.2 Å². The SMILES string of the molecule is CCCCCCOCCOc1ccc(/C(N)=N/O)cc1. The van der Waals surface area contributed by atoms with Crippen molar-refractivity contribution in [1.82, 2.24) is 0 Å². The van der Waals surface area contributed by atoms with Crippen LogP contribution >= 0.6 is 0 Å². The predicted molar refractivity (Wildman–Crippen MR) is 79.4 cm³/mol. The summed E-state index contributed by atoms with van der Waals surface area (Å²) in [5.41, 5.74) is 6.13. The Hall–Kier alpha value is -1.75. The molecule has 1 aromatic carbocycles. The zero-order valence-electron chi connectivity index (χ0n) is 12.0. The second-order valence-electron chi connectivity index (χ2n) is 4.53. The van der Waals surface area contributed by atoms with Crippen molar-refractivity contribution in [3.63, 3.8) is 0 Å². The highest BCUT2D eigenvalue weighted by atomic mass is 16.5. The van der Waals surface area contributed by atoms with Crippen LogP contribution in [0.15, 0.2) is 29.4 Å². The van der Waals surface area contributed by atoms with Crippen LogP contribution in [0.5, 0.6) is 5.75 Å². The molecule has 0 aliphatic rings. The number of oxime groups is 1. The summed E-state index contributed by atoms with van der Waals surface area (Å²) in [5.74, 6) is 0.834. The van der Waals surface area contributed by atoms with Crippen LogP contribution in [-0.4, -0.2) is 30.9 Å². The molecule has 1 aromatic rings. The summed E-state index contributed by atoms with van der Waals surface area (Å²) in [4.78, 5) is 0. The van der Waals surface area contributed by atoms with Crippen LogP contribution < -0.4 is 10.5 Å². The number of hydrogen-bond acceptors (Lipinski definition) is 4. The lowest BCUT2D eigenvalue weighted by Crippen LogP contribution is -2.13. The molecule has 0 bridgehead atoms. The van der Waals surface area contributed by atoms with E-state index in [-0.39, 0.29) is 5.84 Å². The van der Waals surface area contributed by atoms with E-state index in [2.05, 4.69) is 12.1 Å². The van der Waals surface area contributed by atoms with Gasteiger partial charge in [0, 0.05) is 12.2 Å². The third-order valence-corrected chi connectivity index (χ3v) is 2.90. The summed E-state index contributed by atoms with van der Waals surface area (Å²) >= 11 is 0. The van der Waals surface area contributed by atoms with Crippen molar-refractivity contribution in [3.8, 4) is 5.75 Å². The van der Waals surface area contributed by atoms with E-state index in [1.54, 1.807) is 24.3 Å². The summed E-state index contributed by atoms with van der Waals surface area (Å²) in [5, 5.41) is 11.5. The van der Waals surface area contributed by atoms with Crippen molar-refractivity contribution in [2.24, 2.45) is 10.9 Å². The van der Waals surface area contributed by atoms with Crippen LogP contribution in [0.4, 0.5) is 0 Å². The average Bonchev–Trinajstić information content (AvgIpc) is 2.50. The highest BCUT2D eigenvalue weighted by Crippen LogP contribution is 2.11. The number of nitrogens with two attached hydrogens (primary N) is 1. The number of hydrogen-bond donors (Lipinski definition) is 2. The molecular formula is C15H24N2O3. The topological polar surface area (TPSA) is 77.1 Å². The summed E-state index contributed by atoms with van der Waals surface area (Å²) < 4.78 is 11.0. The van der Waals surface area contributed by atoms with Gasteiger partial charge in [-0.1, -0.05) is 31.3 Å². The summed E-state index contributed by atoms with van der Waals surface area (Å²) in [6, 6.07) is 7.06. The first-order valence-corrected chi connectivity index (χ1v) is 7.06. The molecule has 0 aliphatic carbocycles. The fraction of sp³-hybridized carbons (Fsp3) is 0.533. The van der Waals surface area contributed by atoms with E-state index in [1.807, 2.05) is 0 Å². The van der Waals surface area contributed by atoms with Gasteiger partial charge in [0.15, 0.2) is 5.84 Å². The number of amidine groups is 1. The van der Waals surface area contributed by atoms with Crippen LogP contribution in [0.25, 0.3) is 0 Å². The lowest BCUT2D eigenvalue weighted by molar-refractivity contribution is 0.0971. The van der Waals surface area contributed by atoms with Gasteiger partial charge in [0.05, 0.1) is 6.61 Å². The standard InChI is InChI=1S/C15H24N2O3/c1-2-3-4-5-10-19-11-12-20-14-8-6-13(7-9-14)15(16)17-18/h6-9,18H,2-5,10-12H2,1H3,(H2,16,17). The van der Waals surface area contributed by atoms with Gasteiger partial charge in [0.2, 0.25) is 0 Å². The number of ether oxygens (including phenoxy) is 2. The molecule has 3 N–H and O–H groups in total. The summed E-state index contributed by atoms with van der Waals surface area (Å²) in [6.07, 6.45) is 4.85. The molecule has 0 aromatic heterocycles. The molecule has 0 fully saturated rings. The third-order valence-electron chi connectivity index (χ3n) is 2.90. The quantitative estimate of drug-likeness (QED) is 0.227. The molecular weight excluding hydrogens is 256 g/mol. The van der Waals surface area contributed by atoms with Gasteiger partial charge in [0.1, 0.15) is 12.4 Å². The van der Waals surface area contributed by atoms with E-state index in [0.29, 0.717) is 18.8 Å². The zero-order valence-corrected chi connectivity index (χ0v) is 12.0. The second kappa shape index (κ2) is 10.1. The predicted octanol–water partition coefficient (Wildman–Crippen LogP) is 2.76. The highest BCUT2D eigenvalue weighted by Gasteiger charge is 1.99. The lowest BCUT2D eigenvalue weighted by atomic mass is 10.2. The Morgan fingerprint density at radius 1 is 1.10 bits per heavy atom. The van der Waals surface area contributed by atoms with Crippen molar-refractivity contribution in [2.45, 2.75) is 32.6 Å². The van der Waals surface area contributed by atoms with E-state index in [4.69, 9.17) is 20.4 Å². The summed E-state index contributed by atoms with van der Waals surface area (Å²) in [6.45, 7) is 4.11. The maximum atomic E-state index is 8.55. The fourth-order valence-electron chi connectivity index (χ4n) is 1.73. The lowest BCUT2D eigenvalue weighted by Gasteiger charge is -2.07. The minimum Gasteiger partial charge on any atom is -0.491 e. The molecule has 0 aliphatic heterocycles. The molecule has 1 rings (SSSR count). The van der Waals surface area contributed by atoms with Gasteiger partial charge < -0.3 is 20.4 Å². The normalized spacial score (nSPS) is 11.6. The Kier molecular flexibility index (Phi) is 8.22. The van der Waals surface area contributed by atoms with Crippen molar-refractivity contribution in [1.29, 1.82) is 0 Å². The van der Waals surface area contributed by atoms with Gasteiger partial charge >= 0.3 is 0 Å². The number of rotatable bonds is 10. The van der Waals surface area contributed by atoms with Gasteiger partial charge in [0.25, 0.3) is 0 Å². The Morgan fingerprint density at radius 2 is 1.85 bits per heavy atom. The fourth-order valence-corrected chi connectivity index (χ4v) is 1.73. The minimum absolute atomic E-state index is 0.0898. The van der Waals surface area contributed by atoms with E-state index in [9.17, 15) is 0 Å². The van der Waals surface area contributed by atoms with Crippen molar-refractivity contribution >= 4 is 5.84 Å². The monoisotopic (exact) mass is 280 g/mol. The molecule has 0 saturated carbocycles. The van der Waals surface area contributed by atoms with Crippen molar-refractivity contribution in [3.05, 3.63) is 29.8 Å². The second-order valence-corrected chi connectivity index (χ2v) is 4.53. The zero-order chi connectivity index (χ0) is 14.6. The molecule has 0 heterocycles. The number of benzene rings is 1. The Morgan fingerprint density at radius 3 is 2.50 bits per heavy atom. The van der Waals surface area contributed by atoms with E-state index in [0.717, 1.165) is 18.8 Å². The molecule has 0 atom stereocenters. The number of nitrogens with zero attached hydrogens (tertiary/aromatic N) is 1. The van der Waals surface area contributed by atoms with Crippen molar-refractivity contribution in [2.75, 3.05) is 19.8 Å². The van der Waals surface area contributed by atoms with Crippen LogP contribution in [0, 0.1) is 0 Å². The van der Waals surface area contributed by atoms with Gasteiger partial charge in [-0.05, 0) is 30.7 Å². The third kappa shape index (κ3) is 6.43. The highest BCUT2D eigenvalue weighted by molar-refractivity contribution is 5.97. The van der Waals surface area contributed by atoms with Crippen LogP contribution in [0.2, 0.25) is 0 Å². The molecule has 0 unspecified atom stereocenters. The molecule has 112 valence electrons. The first-order chi connectivity index (χ1) is 9.77. The maximum absolute atomic E-state index is 8.55. The van der Waals surface area contributed by atoms with Gasteiger partial charge in [-0.2, -0.15) is 0 Å². The Bertz CT molecular complexity index is 391. The molecule has 0 saturated heterocycles. The Balaban J connectivity index is 2.13. The van der Waals surface area contributed by atoms with E-state index in [1.165, 1.54) is 19.3 Å². The summed E-state index contributed by atoms with van der Waals surface area (Å²) in [7, 11) is 0. The van der Waals surface area contributed by atoms with Gasteiger partial charge in [-0.25, -0.2) is 0 Å². The largest absolute Gasteiger partial charge is 0.491 e. The molecule has 0 spiro atoms. The van der Waals surface area contributed by atoms with E-state index >= 15 is 0 Å². The Labute approximate surface area is 120 Å². The van der Waals surface area contributed by atoms with Gasteiger partial charge in [-0.3, -0.25) is 0 Å². The van der Waals surface area contributed by atoms with Crippen LogP contribution in [-0.2, 0) is 4.74 Å². The molecule has 5 nitrogen and oxygen atoms in total. The molecule has 0 radical (unpaired) electrons. The minimum atomic E-state index is 0.0898. The maximum Gasteiger partial charge on any atom is 0.170 e. The number of unbranched alkanes of at least 4 members (excludes halogenated alkanes) is 3. The van der Waals surface area contributed by atoms with Crippen LogP contribution in [0.3, 0.4) is 0 Å². The molecule has 5 heteroatoms. The smallest absolute Gasteiger partial charge is 0.170 e. The molecule has 0 amide bonds. The van der Waals surface area contributed by atoms with Gasteiger partial charge in [-0.15, -0.1) is 0 Å². The average molecular weight is 280 g/mol. The van der Waals surface area contributed by atoms with E-state index < -0.39 is 0 Å². The molecule has 20 heavy (non-hydrogen) atoms.